The van der Waals surface area contributed by atoms with E-state index in [0.29, 0.717) is 28.4 Å². The fourth-order valence-corrected chi connectivity index (χ4v) is 3.24. The lowest BCUT2D eigenvalue weighted by atomic mass is 10.0. The summed E-state index contributed by atoms with van der Waals surface area (Å²) in [5.41, 5.74) is 4.29. The Morgan fingerprint density at radius 1 is 1.00 bits per heavy atom. The van der Waals surface area contributed by atoms with Gasteiger partial charge in [0.05, 0.1) is 5.57 Å². The number of imide groups is 1. The van der Waals surface area contributed by atoms with E-state index >= 15 is 0 Å². The van der Waals surface area contributed by atoms with Gasteiger partial charge in [-0.05, 0) is 54.7 Å². The molecule has 4 nitrogen and oxygen atoms in total. The molecule has 1 heterocycles. The van der Waals surface area contributed by atoms with Crippen molar-refractivity contribution in [1.29, 1.82) is 0 Å². The van der Waals surface area contributed by atoms with Gasteiger partial charge in [-0.15, -0.1) is 0 Å². The van der Waals surface area contributed by atoms with Gasteiger partial charge in [-0.1, -0.05) is 49.7 Å². The van der Waals surface area contributed by atoms with Crippen molar-refractivity contribution >= 4 is 34.7 Å². The first-order valence-electron chi connectivity index (χ1n) is 8.98. The number of rotatable bonds is 5. The second kappa shape index (κ2) is 7.57. The fourth-order valence-electron chi connectivity index (χ4n) is 3.11. The molecule has 140 valence electrons. The minimum Gasteiger partial charge on any atom is -0.350 e. The maximum Gasteiger partial charge on any atom is 0.278 e. The van der Waals surface area contributed by atoms with E-state index in [9.17, 15) is 9.59 Å². The summed E-state index contributed by atoms with van der Waals surface area (Å²) < 4.78 is 0. The summed E-state index contributed by atoms with van der Waals surface area (Å²) in [6, 6.07) is 13.0. The molecule has 0 saturated carbocycles. The molecule has 0 aliphatic carbocycles. The summed E-state index contributed by atoms with van der Waals surface area (Å²) in [7, 11) is 0. The maximum atomic E-state index is 13.1. The molecule has 0 unspecified atom stereocenters. The molecule has 2 amide bonds. The Labute approximate surface area is 164 Å². The molecule has 1 aliphatic heterocycles. The second-order valence-electron chi connectivity index (χ2n) is 7.32. The van der Waals surface area contributed by atoms with Gasteiger partial charge in [0.15, 0.2) is 0 Å². The molecule has 1 aliphatic rings. The van der Waals surface area contributed by atoms with Crippen LogP contribution in [0.15, 0.2) is 48.2 Å². The molecular formula is C22H23ClN2O2. The van der Waals surface area contributed by atoms with Gasteiger partial charge >= 0.3 is 0 Å². The Morgan fingerprint density at radius 2 is 1.67 bits per heavy atom. The zero-order valence-electron chi connectivity index (χ0n) is 16.0. The molecule has 0 aromatic heterocycles. The highest BCUT2D eigenvalue weighted by Gasteiger charge is 2.39. The Hall–Kier alpha value is -2.59. The molecule has 1 N–H and O–H groups in total. The number of nitrogens with zero attached hydrogens (tertiary/aromatic N) is 1. The lowest BCUT2D eigenvalue weighted by molar-refractivity contribution is -0.137. The van der Waals surface area contributed by atoms with Crippen LogP contribution in [0.1, 0.15) is 30.5 Å². The first-order valence-corrected chi connectivity index (χ1v) is 9.36. The van der Waals surface area contributed by atoms with E-state index in [1.807, 2.05) is 45.9 Å². The maximum absolute atomic E-state index is 13.1. The van der Waals surface area contributed by atoms with E-state index in [4.69, 9.17) is 11.6 Å². The Morgan fingerprint density at radius 3 is 2.30 bits per heavy atom. The predicted octanol–water partition coefficient (Wildman–Crippen LogP) is 4.80. The van der Waals surface area contributed by atoms with Crippen molar-refractivity contribution in [2.24, 2.45) is 5.92 Å². The molecule has 0 radical (unpaired) electrons. The standard InChI is InChI=1S/C22H23ClN2O2/c1-13(2)12-25-21(26)19(16-7-9-17(23)10-8-16)20(22(25)27)24-18-11-14(3)5-6-15(18)4/h5-11,13,24H,12H2,1-4H3. The van der Waals surface area contributed by atoms with Gasteiger partial charge in [-0.25, -0.2) is 0 Å². The average Bonchev–Trinajstić information content (AvgIpc) is 2.83. The first-order chi connectivity index (χ1) is 12.8. The van der Waals surface area contributed by atoms with Gasteiger partial charge in [0, 0.05) is 17.3 Å². The molecular weight excluding hydrogens is 360 g/mol. The Balaban J connectivity index is 2.10. The normalized spacial score (nSPS) is 14.5. The highest BCUT2D eigenvalue weighted by atomic mass is 35.5. The van der Waals surface area contributed by atoms with Gasteiger partial charge in [0.25, 0.3) is 11.8 Å². The van der Waals surface area contributed by atoms with Crippen LogP contribution >= 0.6 is 11.6 Å². The highest BCUT2D eigenvalue weighted by molar-refractivity contribution is 6.37. The highest BCUT2D eigenvalue weighted by Crippen LogP contribution is 2.32. The van der Waals surface area contributed by atoms with Crippen LogP contribution in [0.2, 0.25) is 5.02 Å². The van der Waals surface area contributed by atoms with Gasteiger partial charge in [0.1, 0.15) is 5.70 Å². The minimum atomic E-state index is -0.292. The van der Waals surface area contributed by atoms with E-state index in [-0.39, 0.29) is 17.7 Å². The molecule has 0 atom stereocenters. The number of halogens is 1. The van der Waals surface area contributed by atoms with Crippen LogP contribution < -0.4 is 5.32 Å². The molecule has 2 aromatic rings. The van der Waals surface area contributed by atoms with Crippen molar-refractivity contribution in [2.75, 3.05) is 11.9 Å². The number of carbonyl (C=O) groups is 2. The van der Waals surface area contributed by atoms with Crippen molar-refractivity contribution in [2.45, 2.75) is 27.7 Å². The fraction of sp³-hybridized carbons (Fsp3) is 0.273. The summed E-state index contributed by atoms with van der Waals surface area (Å²) in [5.74, 6) is -0.382. The molecule has 0 spiro atoms. The number of nitrogens with one attached hydrogen (secondary N) is 1. The summed E-state index contributed by atoms with van der Waals surface area (Å²) in [6.45, 7) is 8.31. The Bertz CT molecular complexity index is 930. The molecule has 3 rings (SSSR count). The van der Waals surface area contributed by atoms with Gasteiger partial charge in [-0.2, -0.15) is 0 Å². The summed E-state index contributed by atoms with van der Waals surface area (Å²) in [5, 5.41) is 3.81. The van der Waals surface area contributed by atoms with Crippen molar-refractivity contribution in [3.05, 3.63) is 69.9 Å². The molecule has 27 heavy (non-hydrogen) atoms. The van der Waals surface area contributed by atoms with E-state index in [2.05, 4.69) is 5.32 Å². The van der Waals surface area contributed by atoms with Crippen LogP contribution in [-0.2, 0) is 9.59 Å². The molecule has 0 fully saturated rings. The third kappa shape index (κ3) is 3.91. The number of benzene rings is 2. The minimum absolute atomic E-state index is 0.185. The third-order valence-electron chi connectivity index (χ3n) is 4.50. The number of amides is 2. The van der Waals surface area contributed by atoms with Crippen LogP contribution in [-0.4, -0.2) is 23.3 Å². The van der Waals surface area contributed by atoms with Crippen LogP contribution in [0, 0.1) is 19.8 Å². The number of hydrogen-bond acceptors (Lipinski definition) is 3. The van der Waals surface area contributed by atoms with Gasteiger partial charge in [0.2, 0.25) is 0 Å². The molecule has 0 saturated heterocycles. The van der Waals surface area contributed by atoms with Crippen LogP contribution in [0.5, 0.6) is 0 Å². The zero-order chi connectivity index (χ0) is 19.7. The zero-order valence-corrected chi connectivity index (χ0v) is 16.7. The number of anilines is 1. The van der Waals surface area contributed by atoms with Crippen LogP contribution in [0.3, 0.4) is 0 Å². The van der Waals surface area contributed by atoms with Crippen LogP contribution in [0.4, 0.5) is 5.69 Å². The number of hydrogen-bond donors (Lipinski definition) is 1. The van der Waals surface area contributed by atoms with E-state index < -0.39 is 0 Å². The predicted molar refractivity (Wildman–Crippen MR) is 109 cm³/mol. The summed E-state index contributed by atoms with van der Waals surface area (Å²) >= 11 is 5.99. The quantitative estimate of drug-likeness (QED) is 0.755. The molecule has 5 heteroatoms. The third-order valence-corrected chi connectivity index (χ3v) is 4.75. The monoisotopic (exact) mass is 382 g/mol. The van der Waals surface area contributed by atoms with Gasteiger partial charge < -0.3 is 5.32 Å². The molecule has 0 bridgehead atoms. The summed E-state index contributed by atoms with van der Waals surface area (Å²) in [6.07, 6.45) is 0. The lowest BCUT2D eigenvalue weighted by Crippen LogP contribution is -2.35. The van der Waals surface area contributed by atoms with Crippen LogP contribution in [0.25, 0.3) is 5.57 Å². The van der Waals surface area contributed by atoms with E-state index in [0.717, 1.165) is 16.8 Å². The number of aryl methyl sites for hydroxylation is 2. The SMILES string of the molecule is Cc1ccc(C)c(NC2=C(c3ccc(Cl)cc3)C(=O)N(CC(C)C)C2=O)c1. The van der Waals surface area contributed by atoms with E-state index in [1.54, 1.807) is 24.3 Å². The van der Waals surface area contributed by atoms with Crippen molar-refractivity contribution in [3.8, 4) is 0 Å². The molecule has 2 aromatic carbocycles. The first kappa shape index (κ1) is 19.2. The van der Waals surface area contributed by atoms with E-state index in [1.165, 1.54) is 4.90 Å². The second-order valence-corrected chi connectivity index (χ2v) is 7.75. The van der Waals surface area contributed by atoms with Crippen molar-refractivity contribution in [1.82, 2.24) is 4.90 Å². The van der Waals surface area contributed by atoms with Gasteiger partial charge in [-0.3, -0.25) is 14.5 Å². The summed E-state index contributed by atoms with van der Waals surface area (Å²) in [4.78, 5) is 27.4. The number of carbonyl (C=O) groups excluding carboxylic acids is 2. The lowest BCUT2D eigenvalue weighted by Gasteiger charge is -2.17. The Kier molecular flexibility index (Phi) is 5.38. The van der Waals surface area contributed by atoms with Crippen molar-refractivity contribution in [3.63, 3.8) is 0 Å². The topological polar surface area (TPSA) is 49.4 Å². The average molecular weight is 383 g/mol. The van der Waals surface area contributed by atoms with Crippen molar-refractivity contribution < 1.29 is 9.59 Å². The smallest absolute Gasteiger partial charge is 0.278 e. The largest absolute Gasteiger partial charge is 0.350 e.